The number of methoxy groups -OCH3 is 1. The lowest BCUT2D eigenvalue weighted by Crippen LogP contribution is -2.43. The summed E-state index contributed by atoms with van der Waals surface area (Å²) in [4.78, 5) is 16.6. The second kappa shape index (κ2) is 7.51. The topological polar surface area (TPSA) is 88.6 Å². The molecule has 0 saturated carbocycles. The van der Waals surface area contributed by atoms with Crippen LogP contribution in [-0.4, -0.2) is 43.8 Å². The van der Waals surface area contributed by atoms with E-state index in [1.54, 1.807) is 23.7 Å². The standard InChI is InChI=1S/C16H19N3O4S2/c1-23-13-4-6-14(7-5-13)25(21,22)19-9-2-3-12(11-19)15(20)18-16-17-8-10-24-16/h4-8,10,12H,2-3,9,11H2,1H3,(H,17,18,20). The number of carbonyl (C=O) groups is 1. The maximum atomic E-state index is 12.8. The van der Waals surface area contributed by atoms with Gasteiger partial charge in [-0.2, -0.15) is 4.31 Å². The molecule has 1 aliphatic heterocycles. The molecule has 0 aliphatic carbocycles. The van der Waals surface area contributed by atoms with E-state index in [2.05, 4.69) is 10.3 Å². The average molecular weight is 381 g/mol. The summed E-state index contributed by atoms with van der Waals surface area (Å²) in [5, 5.41) is 5.05. The van der Waals surface area contributed by atoms with Gasteiger partial charge in [0.1, 0.15) is 5.75 Å². The molecule has 2 heterocycles. The summed E-state index contributed by atoms with van der Waals surface area (Å²) in [6.45, 7) is 0.584. The van der Waals surface area contributed by atoms with E-state index in [4.69, 9.17) is 4.74 Å². The number of hydrogen-bond donors (Lipinski definition) is 1. The minimum atomic E-state index is -3.63. The van der Waals surface area contributed by atoms with Gasteiger partial charge in [-0.15, -0.1) is 11.3 Å². The number of carbonyl (C=O) groups excluding carboxylic acids is 1. The number of amides is 1. The van der Waals surface area contributed by atoms with Gasteiger partial charge in [0, 0.05) is 24.7 Å². The second-order valence-electron chi connectivity index (χ2n) is 5.70. The van der Waals surface area contributed by atoms with Crippen LogP contribution in [-0.2, 0) is 14.8 Å². The highest BCUT2D eigenvalue weighted by molar-refractivity contribution is 7.89. The zero-order valence-corrected chi connectivity index (χ0v) is 15.3. The molecule has 25 heavy (non-hydrogen) atoms. The van der Waals surface area contributed by atoms with Crippen molar-refractivity contribution < 1.29 is 17.9 Å². The van der Waals surface area contributed by atoms with Crippen molar-refractivity contribution in [3.8, 4) is 5.75 Å². The number of thiazole rings is 1. The van der Waals surface area contributed by atoms with Crippen molar-refractivity contribution in [2.24, 2.45) is 5.92 Å². The SMILES string of the molecule is COc1ccc(S(=O)(=O)N2CCCC(C(=O)Nc3nccs3)C2)cc1. The molecule has 7 nitrogen and oxygen atoms in total. The quantitative estimate of drug-likeness (QED) is 0.858. The Bertz CT molecular complexity index is 820. The van der Waals surface area contributed by atoms with Gasteiger partial charge in [-0.3, -0.25) is 4.79 Å². The molecule has 1 fully saturated rings. The molecule has 1 unspecified atom stereocenters. The van der Waals surface area contributed by atoms with E-state index in [1.807, 2.05) is 0 Å². The van der Waals surface area contributed by atoms with E-state index >= 15 is 0 Å². The third-order valence-corrected chi connectivity index (χ3v) is 6.68. The summed E-state index contributed by atoms with van der Waals surface area (Å²) < 4.78 is 32.1. The number of nitrogens with zero attached hydrogens (tertiary/aromatic N) is 2. The monoisotopic (exact) mass is 381 g/mol. The van der Waals surface area contributed by atoms with Gasteiger partial charge in [0.15, 0.2) is 5.13 Å². The molecule has 1 atom stereocenters. The zero-order valence-electron chi connectivity index (χ0n) is 13.7. The molecule has 1 aromatic carbocycles. The summed E-state index contributed by atoms with van der Waals surface area (Å²) in [5.41, 5.74) is 0. The highest BCUT2D eigenvalue weighted by Crippen LogP contribution is 2.26. The maximum Gasteiger partial charge on any atom is 0.243 e. The van der Waals surface area contributed by atoms with Crippen molar-refractivity contribution in [1.82, 2.24) is 9.29 Å². The summed E-state index contributed by atoms with van der Waals surface area (Å²) in [6, 6.07) is 6.27. The molecule has 0 bridgehead atoms. The number of piperidine rings is 1. The number of nitrogens with one attached hydrogen (secondary N) is 1. The summed E-state index contributed by atoms with van der Waals surface area (Å²) in [7, 11) is -2.10. The minimum absolute atomic E-state index is 0.172. The van der Waals surface area contributed by atoms with Gasteiger partial charge in [-0.1, -0.05) is 0 Å². The molecule has 0 radical (unpaired) electrons. The van der Waals surface area contributed by atoms with Crippen molar-refractivity contribution in [3.05, 3.63) is 35.8 Å². The van der Waals surface area contributed by atoms with Crippen molar-refractivity contribution in [3.63, 3.8) is 0 Å². The normalized spacial score (nSPS) is 18.7. The Labute approximate surface area is 150 Å². The number of sulfonamides is 1. The third-order valence-electron chi connectivity index (χ3n) is 4.11. The summed E-state index contributed by atoms with van der Waals surface area (Å²) >= 11 is 1.34. The molecule has 9 heteroatoms. The Hall–Kier alpha value is -1.97. The van der Waals surface area contributed by atoms with Crippen molar-refractivity contribution in [2.45, 2.75) is 17.7 Å². The van der Waals surface area contributed by atoms with Crippen molar-refractivity contribution in [1.29, 1.82) is 0 Å². The molecular weight excluding hydrogens is 362 g/mol. The first-order chi connectivity index (χ1) is 12.0. The van der Waals surface area contributed by atoms with Crippen LogP contribution in [0.15, 0.2) is 40.7 Å². The number of rotatable bonds is 5. The van der Waals surface area contributed by atoms with Crippen LogP contribution < -0.4 is 10.1 Å². The number of aromatic nitrogens is 1. The van der Waals surface area contributed by atoms with E-state index in [0.29, 0.717) is 30.3 Å². The first-order valence-electron chi connectivity index (χ1n) is 7.85. The first-order valence-corrected chi connectivity index (χ1v) is 10.2. The Morgan fingerprint density at radius 3 is 2.76 bits per heavy atom. The fraction of sp³-hybridized carbons (Fsp3) is 0.375. The molecule has 134 valence electrons. The van der Waals surface area contributed by atoms with Crippen LogP contribution in [0.2, 0.25) is 0 Å². The Morgan fingerprint density at radius 1 is 1.36 bits per heavy atom. The average Bonchev–Trinajstić information content (AvgIpc) is 3.15. The third kappa shape index (κ3) is 4.00. The van der Waals surface area contributed by atoms with Gasteiger partial charge in [0.05, 0.1) is 17.9 Å². The summed E-state index contributed by atoms with van der Waals surface area (Å²) in [5.74, 6) is 0.0218. The van der Waals surface area contributed by atoms with Crippen molar-refractivity contribution in [2.75, 3.05) is 25.5 Å². The van der Waals surface area contributed by atoms with Crippen LogP contribution in [0.3, 0.4) is 0 Å². The molecule has 1 N–H and O–H groups in total. The van der Waals surface area contributed by atoms with Gasteiger partial charge in [-0.05, 0) is 37.1 Å². The molecule has 2 aromatic rings. The smallest absolute Gasteiger partial charge is 0.243 e. The highest BCUT2D eigenvalue weighted by Gasteiger charge is 2.33. The van der Waals surface area contributed by atoms with Crippen LogP contribution in [0.25, 0.3) is 0 Å². The Kier molecular flexibility index (Phi) is 5.36. The lowest BCUT2D eigenvalue weighted by molar-refractivity contribution is -0.120. The molecule has 1 aliphatic rings. The van der Waals surface area contributed by atoms with Gasteiger partial charge in [0.2, 0.25) is 15.9 Å². The van der Waals surface area contributed by atoms with Crippen molar-refractivity contribution >= 4 is 32.4 Å². The lowest BCUT2D eigenvalue weighted by Gasteiger charge is -2.31. The molecule has 1 saturated heterocycles. The number of benzene rings is 1. The van der Waals surface area contributed by atoms with E-state index in [1.165, 1.54) is 34.9 Å². The van der Waals surface area contributed by atoms with E-state index < -0.39 is 10.0 Å². The van der Waals surface area contributed by atoms with Gasteiger partial charge in [0.25, 0.3) is 0 Å². The van der Waals surface area contributed by atoms with Crippen LogP contribution in [0.4, 0.5) is 5.13 Å². The molecule has 3 rings (SSSR count). The fourth-order valence-electron chi connectivity index (χ4n) is 2.76. The summed E-state index contributed by atoms with van der Waals surface area (Å²) in [6.07, 6.45) is 2.92. The minimum Gasteiger partial charge on any atom is -0.497 e. The van der Waals surface area contributed by atoms with Crippen LogP contribution in [0, 0.1) is 5.92 Å². The molecule has 1 amide bonds. The van der Waals surface area contributed by atoms with Gasteiger partial charge >= 0.3 is 0 Å². The molecule has 1 aromatic heterocycles. The number of hydrogen-bond acceptors (Lipinski definition) is 6. The largest absolute Gasteiger partial charge is 0.497 e. The van der Waals surface area contributed by atoms with E-state index in [9.17, 15) is 13.2 Å². The maximum absolute atomic E-state index is 12.8. The molecule has 0 spiro atoms. The second-order valence-corrected chi connectivity index (χ2v) is 8.54. The van der Waals surface area contributed by atoms with Crippen LogP contribution in [0.1, 0.15) is 12.8 Å². The predicted molar refractivity (Wildman–Crippen MR) is 95.2 cm³/mol. The zero-order chi connectivity index (χ0) is 17.9. The van der Waals surface area contributed by atoms with Crippen LogP contribution >= 0.6 is 11.3 Å². The fourth-order valence-corrected chi connectivity index (χ4v) is 4.82. The molecular formula is C16H19N3O4S2. The Morgan fingerprint density at radius 2 is 2.12 bits per heavy atom. The predicted octanol–water partition coefficient (Wildman–Crippen LogP) is 2.19. The van der Waals surface area contributed by atoms with Crippen LogP contribution in [0.5, 0.6) is 5.75 Å². The highest BCUT2D eigenvalue weighted by atomic mass is 32.2. The van der Waals surface area contributed by atoms with E-state index in [-0.39, 0.29) is 23.3 Å². The van der Waals surface area contributed by atoms with Gasteiger partial charge in [-0.25, -0.2) is 13.4 Å². The van der Waals surface area contributed by atoms with Gasteiger partial charge < -0.3 is 10.1 Å². The lowest BCUT2D eigenvalue weighted by atomic mass is 9.99. The number of anilines is 1. The Balaban J connectivity index is 1.72. The first kappa shape index (κ1) is 17.8. The number of ether oxygens (including phenoxy) is 1. The van der Waals surface area contributed by atoms with E-state index in [0.717, 1.165) is 0 Å².